The SMILES string of the molecule is COC(=O)c1ccc(NC(=O)CN2C(=O)C[C@H](C)Sc3ccccc32)cc1. The van der Waals surface area contributed by atoms with Crippen LogP contribution in [0.1, 0.15) is 23.7 Å². The molecule has 1 atom stereocenters. The molecule has 3 rings (SSSR count). The lowest BCUT2D eigenvalue weighted by Crippen LogP contribution is -2.38. The number of nitrogens with zero attached hydrogens (tertiary/aromatic N) is 1. The zero-order valence-corrected chi connectivity index (χ0v) is 15.9. The van der Waals surface area contributed by atoms with Crippen LogP contribution >= 0.6 is 11.8 Å². The summed E-state index contributed by atoms with van der Waals surface area (Å²) in [5, 5.41) is 2.92. The molecule has 0 fully saturated rings. The first-order valence-electron chi connectivity index (χ1n) is 8.52. The fourth-order valence-electron chi connectivity index (χ4n) is 2.85. The molecule has 2 amide bonds. The summed E-state index contributed by atoms with van der Waals surface area (Å²) in [6, 6.07) is 14.0. The first kappa shape index (κ1) is 19.0. The maximum atomic E-state index is 12.6. The molecule has 2 aromatic carbocycles. The van der Waals surface area contributed by atoms with Crippen molar-refractivity contribution in [3.63, 3.8) is 0 Å². The van der Waals surface area contributed by atoms with Crippen LogP contribution in [0.15, 0.2) is 53.4 Å². The Morgan fingerprint density at radius 1 is 1.19 bits per heavy atom. The number of carbonyl (C=O) groups excluding carboxylic acids is 3. The van der Waals surface area contributed by atoms with Gasteiger partial charge in [-0.1, -0.05) is 19.1 Å². The summed E-state index contributed by atoms with van der Waals surface area (Å²) in [5.74, 6) is -0.814. The summed E-state index contributed by atoms with van der Waals surface area (Å²) < 4.78 is 4.65. The molecule has 1 aliphatic heterocycles. The number of methoxy groups -OCH3 is 1. The van der Waals surface area contributed by atoms with Gasteiger partial charge in [-0.15, -0.1) is 11.8 Å². The standard InChI is InChI=1S/C20H20N2O4S/c1-13-11-19(24)22(16-5-3-4-6-17(16)27-13)12-18(23)21-15-9-7-14(8-10-15)20(25)26-2/h3-10,13H,11-12H2,1-2H3,(H,21,23)/t13-/m0/s1. The monoisotopic (exact) mass is 384 g/mol. The summed E-state index contributed by atoms with van der Waals surface area (Å²) in [6.07, 6.45) is 0.375. The number of benzene rings is 2. The highest BCUT2D eigenvalue weighted by atomic mass is 32.2. The lowest BCUT2D eigenvalue weighted by molar-refractivity contribution is -0.121. The van der Waals surface area contributed by atoms with Gasteiger partial charge in [0.1, 0.15) is 6.54 Å². The molecule has 0 saturated carbocycles. The van der Waals surface area contributed by atoms with E-state index in [2.05, 4.69) is 10.1 Å². The zero-order valence-electron chi connectivity index (χ0n) is 15.1. The van der Waals surface area contributed by atoms with Crippen molar-refractivity contribution in [3.8, 4) is 0 Å². The van der Waals surface area contributed by atoms with Crippen molar-refractivity contribution >= 4 is 40.9 Å². The Balaban J connectivity index is 1.73. The van der Waals surface area contributed by atoms with E-state index in [-0.39, 0.29) is 23.6 Å². The molecular formula is C20H20N2O4S. The summed E-state index contributed by atoms with van der Waals surface area (Å²) in [5.41, 5.74) is 1.71. The van der Waals surface area contributed by atoms with Crippen LogP contribution in [0.5, 0.6) is 0 Å². The van der Waals surface area contributed by atoms with Crippen molar-refractivity contribution in [2.45, 2.75) is 23.5 Å². The average Bonchev–Trinajstić information content (AvgIpc) is 2.77. The van der Waals surface area contributed by atoms with E-state index >= 15 is 0 Å². The Morgan fingerprint density at radius 3 is 2.59 bits per heavy atom. The molecule has 0 aromatic heterocycles. The van der Waals surface area contributed by atoms with E-state index in [4.69, 9.17) is 0 Å². The molecule has 0 spiro atoms. The van der Waals surface area contributed by atoms with Crippen molar-refractivity contribution in [3.05, 3.63) is 54.1 Å². The number of rotatable bonds is 4. The summed E-state index contributed by atoms with van der Waals surface area (Å²) in [7, 11) is 1.31. The second-order valence-corrected chi connectivity index (χ2v) is 7.68. The van der Waals surface area contributed by atoms with Crippen molar-refractivity contribution < 1.29 is 19.1 Å². The van der Waals surface area contributed by atoms with Crippen LogP contribution in [0.2, 0.25) is 0 Å². The van der Waals surface area contributed by atoms with Gasteiger partial charge in [0.2, 0.25) is 11.8 Å². The first-order chi connectivity index (χ1) is 13.0. The van der Waals surface area contributed by atoms with Crippen LogP contribution in [0.25, 0.3) is 0 Å². The van der Waals surface area contributed by atoms with E-state index in [1.54, 1.807) is 36.0 Å². The second-order valence-electron chi connectivity index (χ2n) is 6.20. The van der Waals surface area contributed by atoms with E-state index < -0.39 is 5.97 Å². The molecule has 0 bridgehead atoms. The van der Waals surface area contributed by atoms with Crippen LogP contribution in [0.3, 0.4) is 0 Å². The largest absolute Gasteiger partial charge is 0.465 e. The van der Waals surface area contributed by atoms with Crippen LogP contribution < -0.4 is 10.2 Å². The van der Waals surface area contributed by atoms with Gasteiger partial charge in [0.05, 0.1) is 18.4 Å². The first-order valence-corrected chi connectivity index (χ1v) is 9.40. The molecule has 7 heteroatoms. The minimum Gasteiger partial charge on any atom is -0.465 e. The number of para-hydroxylation sites is 1. The second kappa shape index (κ2) is 8.26. The van der Waals surface area contributed by atoms with Crippen LogP contribution in [-0.2, 0) is 14.3 Å². The number of thioether (sulfide) groups is 1. The van der Waals surface area contributed by atoms with E-state index in [1.165, 1.54) is 12.0 Å². The highest BCUT2D eigenvalue weighted by Crippen LogP contribution is 2.37. The van der Waals surface area contributed by atoms with Gasteiger partial charge in [-0.25, -0.2) is 4.79 Å². The Bertz CT molecular complexity index is 867. The number of esters is 1. The Morgan fingerprint density at radius 2 is 1.89 bits per heavy atom. The quantitative estimate of drug-likeness (QED) is 0.819. The highest BCUT2D eigenvalue weighted by Gasteiger charge is 2.27. The molecule has 0 saturated heterocycles. The van der Waals surface area contributed by atoms with Crippen molar-refractivity contribution in [1.82, 2.24) is 0 Å². The Labute approximate surface area is 161 Å². The Hall–Kier alpha value is -2.80. The third-order valence-corrected chi connectivity index (χ3v) is 5.31. The van der Waals surface area contributed by atoms with Crippen molar-refractivity contribution in [1.29, 1.82) is 0 Å². The van der Waals surface area contributed by atoms with E-state index in [9.17, 15) is 14.4 Å². The van der Waals surface area contributed by atoms with E-state index in [1.807, 2.05) is 31.2 Å². The van der Waals surface area contributed by atoms with Crippen molar-refractivity contribution in [2.75, 3.05) is 23.9 Å². The number of hydrogen-bond acceptors (Lipinski definition) is 5. The van der Waals surface area contributed by atoms with Gasteiger partial charge in [-0.05, 0) is 36.4 Å². The van der Waals surface area contributed by atoms with Crippen LogP contribution in [-0.4, -0.2) is 36.7 Å². The molecular weight excluding hydrogens is 364 g/mol. The van der Waals surface area contributed by atoms with Gasteiger partial charge < -0.3 is 15.0 Å². The maximum absolute atomic E-state index is 12.6. The number of anilines is 2. The number of amides is 2. The number of ether oxygens (including phenoxy) is 1. The lowest BCUT2D eigenvalue weighted by Gasteiger charge is -2.22. The molecule has 0 radical (unpaired) electrons. The molecule has 140 valence electrons. The molecule has 1 aliphatic rings. The predicted octanol–water partition coefficient (Wildman–Crippen LogP) is 3.33. The Kier molecular flexibility index (Phi) is 5.81. The normalized spacial score (nSPS) is 16.3. The van der Waals surface area contributed by atoms with E-state index in [0.29, 0.717) is 17.7 Å². The zero-order chi connectivity index (χ0) is 19.4. The summed E-state index contributed by atoms with van der Waals surface area (Å²) in [4.78, 5) is 39.1. The molecule has 6 nitrogen and oxygen atoms in total. The third kappa shape index (κ3) is 4.49. The number of carbonyl (C=O) groups is 3. The molecule has 2 aromatic rings. The maximum Gasteiger partial charge on any atom is 0.337 e. The number of fused-ring (bicyclic) bond motifs is 1. The predicted molar refractivity (Wildman–Crippen MR) is 105 cm³/mol. The summed E-state index contributed by atoms with van der Waals surface area (Å²) >= 11 is 1.64. The van der Waals surface area contributed by atoms with Gasteiger partial charge in [-0.3, -0.25) is 9.59 Å². The van der Waals surface area contributed by atoms with E-state index in [0.717, 1.165) is 10.6 Å². The van der Waals surface area contributed by atoms with Gasteiger partial charge in [0.15, 0.2) is 0 Å². The molecule has 1 heterocycles. The fraction of sp³-hybridized carbons (Fsp3) is 0.250. The minimum absolute atomic E-state index is 0.0676. The average molecular weight is 384 g/mol. The van der Waals surface area contributed by atoms with Gasteiger partial charge >= 0.3 is 5.97 Å². The lowest BCUT2D eigenvalue weighted by atomic mass is 10.2. The molecule has 1 N–H and O–H groups in total. The summed E-state index contributed by atoms with van der Waals surface area (Å²) in [6.45, 7) is 1.94. The minimum atomic E-state index is -0.439. The van der Waals surface area contributed by atoms with Gasteiger partial charge in [0, 0.05) is 22.3 Å². The van der Waals surface area contributed by atoms with Crippen LogP contribution in [0.4, 0.5) is 11.4 Å². The molecule has 0 unspecified atom stereocenters. The molecule has 27 heavy (non-hydrogen) atoms. The topological polar surface area (TPSA) is 75.7 Å². The van der Waals surface area contributed by atoms with Gasteiger partial charge in [-0.2, -0.15) is 0 Å². The third-order valence-electron chi connectivity index (χ3n) is 4.14. The number of nitrogens with one attached hydrogen (secondary N) is 1. The molecule has 0 aliphatic carbocycles. The smallest absolute Gasteiger partial charge is 0.337 e. The fourth-order valence-corrected chi connectivity index (χ4v) is 3.97. The van der Waals surface area contributed by atoms with Crippen molar-refractivity contribution in [2.24, 2.45) is 0 Å². The van der Waals surface area contributed by atoms with Crippen LogP contribution in [0, 0.1) is 0 Å². The van der Waals surface area contributed by atoms with Gasteiger partial charge in [0.25, 0.3) is 0 Å². The number of hydrogen-bond donors (Lipinski definition) is 1. The highest BCUT2D eigenvalue weighted by molar-refractivity contribution is 8.00.